The van der Waals surface area contributed by atoms with Gasteiger partial charge in [-0.1, -0.05) is 32.1 Å². The molecule has 0 unspecified atom stereocenters. The number of halogens is 3. The van der Waals surface area contributed by atoms with Gasteiger partial charge in [0.2, 0.25) is 0 Å². The number of aromatic nitrogens is 2. The van der Waals surface area contributed by atoms with E-state index in [1.54, 1.807) is 12.0 Å². The number of hydrogen-bond acceptors (Lipinski definition) is 6. The van der Waals surface area contributed by atoms with Gasteiger partial charge in [0.25, 0.3) is 5.56 Å². The highest BCUT2D eigenvalue weighted by molar-refractivity contribution is 5.67. The number of aromatic amines is 1. The number of ether oxygens (including phenoxy) is 3. The summed E-state index contributed by atoms with van der Waals surface area (Å²) in [7, 11) is 1.59. The van der Waals surface area contributed by atoms with E-state index in [2.05, 4.69) is 12.8 Å². The molecule has 0 aromatic carbocycles. The lowest BCUT2D eigenvalue weighted by Crippen LogP contribution is -2.37. The van der Waals surface area contributed by atoms with Crippen LogP contribution in [0.25, 0.3) is 0 Å². The Kier molecular flexibility index (Phi) is 9.55. The number of carbonyl (C=O) groups is 1. The van der Waals surface area contributed by atoms with Gasteiger partial charge in [-0.3, -0.25) is 14.3 Å². The molecule has 1 saturated heterocycles. The van der Waals surface area contributed by atoms with E-state index in [0.717, 1.165) is 25.7 Å². The zero-order chi connectivity index (χ0) is 24.6. The fourth-order valence-corrected chi connectivity index (χ4v) is 3.38. The van der Waals surface area contributed by atoms with Gasteiger partial charge in [0, 0.05) is 26.2 Å². The molecule has 33 heavy (non-hydrogen) atoms. The molecule has 3 atom stereocenters. The monoisotopic (exact) mass is 475 g/mol. The van der Waals surface area contributed by atoms with Gasteiger partial charge >= 0.3 is 18.0 Å². The first-order chi connectivity index (χ1) is 15.6. The summed E-state index contributed by atoms with van der Waals surface area (Å²) < 4.78 is 56.4. The standard InChI is InChI=1S/C21H28F3N3O6/c1-4-6-7-8-9-26(3)20(30)32-13-16-15(31-10-5-2)11-17(33-16)27-12-14(21(22,23)24)18(28)25-19(27)29/h2,12,15-17H,4,6-11,13H2,1,3H3,(H,25,28,29)/t15-,16+,17+/m0/s1. The minimum absolute atomic E-state index is 0.0417. The molecule has 1 aliphatic rings. The summed E-state index contributed by atoms with van der Waals surface area (Å²) in [5, 5.41) is 0. The Hall–Kier alpha value is -2.78. The topological polar surface area (TPSA) is 103 Å². The molecule has 0 radical (unpaired) electrons. The van der Waals surface area contributed by atoms with Crippen LogP contribution in [-0.4, -0.2) is 59.6 Å². The first-order valence-electron chi connectivity index (χ1n) is 10.6. The lowest BCUT2D eigenvalue weighted by molar-refractivity contribution is -0.139. The van der Waals surface area contributed by atoms with Gasteiger partial charge in [-0.25, -0.2) is 9.59 Å². The van der Waals surface area contributed by atoms with Crippen molar-refractivity contribution in [1.29, 1.82) is 0 Å². The second-order valence-electron chi connectivity index (χ2n) is 7.68. The van der Waals surface area contributed by atoms with Crippen LogP contribution in [0.3, 0.4) is 0 Å². The van der Waals surface area contributed by atoms with Crippen molar-refractivity contribution in [1.82, 2.24) is 14.5 Å². The van der Waals surface area contributed by atoms with Crippen molar-refractivity contribution < 1.29 is 32.2 Å². The Labute approximate surface area is 188 Å². The quantitative estimate of drug-likeness (QED) is 0.412. The van der Waals surface area contributed by atoms with Gasteiger partial charge in [0.1, 0.15) is 31.1 Å². The number of amides is 1. The third-order valence-corrected chi connectivity index (χ3v) is 5.17. The summed E-state index contributed by atoms with van der Waals surface area (Å²) in [5.74, 6) is 2.28. The summed E-state index contributed by atoms with van der Waals surface area (Å²) in [5.41, 5.74) is -4.15. The molecule has 12 heteroatoms. The average Bonchev–Trinajstić information content (AvgIpc) is 3.15. The number of hydrogen-bond donors (Lipinski definition) is 1. The van der Waals surface area contributed by atoms with Crippen molar-refractivity contribution in [3.8, 4) is 12.3 Å². The zero-order valence-corrected chi connectivity index (χ0v) is 18.5. The highest BCUT2D eigenvalue weighted by Crippen LogP contribution is 2.32. The van der Waals surface area contributed by atoms with Crippen LogP contribution < -0.4 is 11.2 Å². The van der Waals surface area contributed by atoms with Crippen molar-refractivity contribution in [3.05, 3.63) is 32.6 Å². The molecule has 0 bridgehead atoms. The van der Waals surface area contributed by atoms with E-state index in [0.29, 0.717) is 17.3 Å². The molecule has 2 rings (SSSR count). The van der Waals surface area contributed by atoms with Gasteiger partial charge in [-0.15, -0.1) is 6.42 Å². The van der Waals surface area contributed by atoms with Crippen LogP contribution in [0.15, 0.2) is 15.8 Å². The maximum absolute atomic E-state index is 13.1. The maximum Gasteiger partial charge on any atom is 0.423 e. The van der Waals surface area contributed by atoms with Gasteiger partial charge < -0.3 is 19.1 Å². The minimum atomic E-state index is -4.96. The first kappa shape index (κ1) is 26.5. The molecule has 2 heterocycles. The fraction of sp³-hybridized carbons (Fsp3) is 0.667. The largest absolute Gasteiger partial charge is 0.447 e. The van der Waals surface area contributed by atoms with Crippen LogP contribution in [0.5, 0.6) is 0 Å². The van der Waals surface area contributed by atoms with Crippen molar-refractivity contribution in [2.45, 2.75) is 63.6 Å². The van der Waals surface area contributed by atoms with Crippen molar-refractivity contribution in [2.24, 2.45) is 0 Å². The van der Waals surface area contributed by atoms with Crippen LogP contribution in [0.4, 0.5) is 18.0 Å². The van der Waals surface area contributed by atoms with Crippen molar-refractivity contribution in [2.75, 3.05) is 26.8 Å². The number of carbonyl (C=O) groups excluding carboxylic acids is 1. The Morgan fingerprint density at radius 1 is 1.36 bits per heavy atom. The van der Waals surface area contributed by atoms with E-state index < -0.39 is 47.5 Å². The van der Waals surface area contributed by atoms with E-state index in [9.17, 15) is 27.6 Å². The van der Waals surface area contributed by atoms with E-state index in [-0.39, 0.29) is 19.6 Å². The SMILES string of the molecule is C#CCO[C@H]1C[C@H](n2cc(C(F)(F)F)c(=O)[nH]c2=O)O[C@@H]1COC(=O)N(C)CCCCCC. The molecule has 0 aliphatic carbocycles. The second kappa shape index (κ2) is 11.9. The molecule has 1 aromatic rings. The number of alkyl halides is 3. The summed E-state index contributed by atoms with van der Waals surface area (Å²) in [6.07, 6.45) is 1.15. The van der Waals surface area contributed by atoms with Crippen LogP contribution in [0, 0.1) is 12.3 Å². The summed E-state index contributed by atoms with van der Waals surface area (Å²) >= 11 is 0. The number of H-pyrrole nitrogens is 1. The molecule has 1 amide bonds. The molecule has 0 saturated carbocycles. The van der Waals surface area contributed by atoms with Gasteiger partial charge in [-0.05, 0) is 6.42 Å². The smallest absolute Gasteiger partial charge is 0.423 e. The highest BCUT2D eigenvalue weighted by Gasteiger charge is 2.40. The van der Waals surface area contributed by atoms with Crippen LogP contribution in [-0.2, 0) is 20.4 Å². The lowest BCUT2D eigenvalue weighted by atomic mass is 10.2. The molecular weight excluding hydrogens is 447 g/mol. The molecular formula is C21H28F3N3O6. The third kappa shape index (κ3) is 7.36. The Morgan fingerprint density at radius 3 is 2.73 bits per heavy atom. The number of rotatable bonds is 10. The summed E-state index contributed by atoms with van der Waals surface area (Å²) in [4.78, 5) is 39.0. The molecule has 0 spiro atoms. The molecule has 1 fully saturated rings. The van der Waals surface area contributed by atoms with Crippen LogP contribution in [0.2, 0.25) is 0 Å². The van der Waals surface area contributed by atoms with E-state index >= 15 is 0 Å². The average molecular weight is 475 g/mol. The number of nitrogens with zero attached hydrogens (tertiary/aromatic N) is 2. The van der Waals surface area contributed by atoms with Crippen molar-refractivity contribution >= 4 is 6.09 Å². The predicted molar refractivity (Wildman–Crippen MR) is 112 cm³/mol. The summed E-state index contributed by atoms with van der Waals surface area (Å²) in [6.45, 7) is 2.22. The zero-order valence-electron chi connectivity index (χ0n) is 18.5. The van der Waals surface area contributed by atoms with Crippen LogP contribution >= 0.6 is 0 Å². The molecule has 1 aromatic heterocycles. The minimum Gasteiger partial charge on any atom is -0.447 e. The van der Waals surface area contributed by atoms with Gasteiger partial charge in [0.05, 0.1) is 6.10 Å². The molecule has 1 aliphatic heterocycles. The van der Waals surface area contributed by atoms with E-state index in [1.165, 1.54) is 4.90 Å². The Morgan fingerprint density at radius 2 is 2.09 bits per heavy atom. The fourth-order valence-electron chi connectivity index (χ4n) is 3.38. The predicted octanol–water partition coefficient (Wildman–Crippen LogP) is 2.51. The second-order valence-corrected chi connectivity index (χ2v) is 7.68. The summed E-state index contributed by atoms with van der Waals surface area (Å²) in [6, 6.07) is 0. The Balaban J connectivity index is 2.09. The lowest BCUT2D eigenvalue weighted by Gasteiger charge is -2.21. The van der Waals surface area contributed by atoms with E-state index in [1.807, 2.05) is 0 Å². The number of unbranched alkanes of at least 4 members (excludes halogenated alkanes) is 3. The normalized spacial score (nSPS) is 20.4. The number of nitrogens with one attached hydrogen (secondary N) is 1. The molecule has 1 N–H and O–H groups in total. The Bertz CT molecular complexity index is 952. The highest BCUT2D eigenvalue weighted by atomic mass is 19.4. The van der Waals surface area contributed by atoms with Gasteiger partial charge in [-0.2, -0.15) is 13.2 Å². The third-order valence-electron chi connectivity index (χ3n) is 5.17. The van der Waals surface area contributed by atoms with Gasteiger partial charge in [0.15, 0.2) is 0 Å². The van der Waals surface area contributed by atoms with Crippen LogP contribution in [0.1, 0.15) is 50.8 Å². The first-order valence-corrected chi connectivity index (χ1v) is 10.6. The number of terminal acetylenes is 1. The molecule has 9 nitrogen and oxygen atoms in total. The van der Waals surface area contributed by atoms with E-state index in [4.69, 9.17) is 20.6 Å². The molecule has 184 valence electrons. The maximum atomic E-state index is 13.1. The van der Waals surface area contributed by atoms with Crippen molar-refractivity contribution in [3.63, 3.8) is 0 Å².